The number of carbonyl (C=O) groups excluding carboxylic acids is 1. The van der Waals surface area contributed by atoms with Gasteiger partial charge in [-0.05, 0) is 43.3 Å². The Morgan fingerprint density at radius 1 is 1.26 bits per heavy atom. The fourth-order valence-corrected chi connectivity index (χ4v) is 3.45. The van der Waals surface area contributed by atoms with Crippen molar-refractivity contribution in [3.8, 4) is 11.4 Å². The van der Waals surface area contributed by atoms with E-state index in [9.17, 15) is 9.18 Å². The third-order valence-electron chi connectivity index (χ3n) is 3.83. The lowest BCUT2D eigenvalue weighted by Gasteiger charge is -2.20. The molecule has 1 aromatic heterocycles. The minimum Gasteiger partial charge on any atom is -0.335 e. The smallest absolute Gasteiger partial charge is 0.237 e. The molecule has 2 N–H and O–H groups in total. The van der Waals surface area contributed by atoms with Crippen LogP contribution in [0.25, 0.3) is 11.4 Å². The topological polar surface area (TPSA) is 77.0 Å². The molecule has 1 heterocycles. The molecule has 0 saturated carbocycles. The van der Waals surface area contributed by atoms with Crippen molar-refractivity contribution in [1.29, 1.82) is 0 Å². The highest BCUT2D eigenvalue weighted by molar-refractivity contribution is 7.99. The number of nitrogens with zero attached hydrogens (tertiary/aromatic N) is 4. The third kappa shape index (κ3) is 4.40. The second-order valence-electron chi connectivity index (χ2n) is 5.59. The molecule has 0 radical (unpaired) electrons. The molecule has 0 atom stereocenters. The van der Waals surface area contributed by atoms with Crippen LogP contribution in [0.4, 0.5) is 10.1 Å². The summed E-state index contributed by atoms with van der Waals surface area (Å²) >= 11 is 7.18. The van der Waals surface area contributed by atoms with Crippen molar-refractivity contribution < 1.29 is 9.18 Å². The van der Waals surface area contributed by atoms with Gasteiger partial charge >= 0.3 is 0 Å². The first-order valence-electron chi connectivity index (χ1n) is 8.14. The first-order valence-corrected chi connectivity index (χ1v) is 9.51. The average molecular weight is 406 g/mol. The van der Waals surface area contributed by atoms with Crippen LogP contribution in [0.15, 0.2) is 53.7 Å². The molecule has 3 aromatic rings. The lowest BCUT2D eigenvalue weighted by molar-refractivity contribution is -0.116. The molecule has 0 unspecified atom stereocenters. The highest BCUT2D eigenvalue weighted by atomic mass is 35.5. The summed E-state index contributed by atoms with van der Waals surface area (Å²) in [5, 5.41) is 9.11. The summed E-state index contributed by atoms with van der Waals surface area (Å²) < 4.78 is 14.4. The van der Waals surface area contributed by atoms with E-state index in [1.807, 2.05) is 13.0 Å². The normalized spacial score (nSPS) is 10.8. The molecule has 0 aliphatic heterocycles. The Labute approximate surface area is 165 Å². The fraction of sp³-hybridized carbons (Fsp3) is 0.167. The maximum Gasteiger partial charge on any atom is 0.237 e. The van der Waals surface area contributed by atoms with Gasteiger partial charge in [-0.1, -0.05) is 35.5 Å². The van der Waals surface area contributed by atoms with Crippen LogP contribution in [0.2, 0.25) is 5.02 Å². The Hall–Kier alpha value is -2.58. The van der Waals surface area contributed by atoms with Gasteiger partial charge in [-0.25, -0.2) is 9.07 Å². The van der Waals surface area contributed by atoms with E-state index >= 15 is 0 Å². The van der Waals surface area contributed by atoms with E-state index in [1.54, 1.807) is 35.2 Å². The largest absolute Gasteiger partial charge is 0.335 e. The van der Waals surface area contributed by atoms with E-state index < -0.39 is 0 Å². The summed E-state index contributed by atoms with van der Waals surface area (Å²) in [6, 6.07) is 12.9. The van der Waals surface area contributed by atoms with Crippen molar-refractivity contribution in [2.75, 3.05) is 23.0 Å². The molecule has 0 bridgehead atoms. The number of thioether (sulfide) groups is 1. The van der Waals surface area contributed by atoms with Gasteiger partial charge in [-0.3, -0.25) is 4.79 Å². The highest BCUT2D eigenvalue weighted by Gasteiger charge is 2.18. The van der Waals surface area contributed by atoms with Crippen LogP contribution in [0.5, 0.6) is 0 Å². The Bertz CT molecular complexity index is 947. The second kappa shape index (κ2) is 8.41. The van der Waals surface area contributed by atoms with Crippen LogP contribution in [0.1, 0.15) is 6.92 Å². The molecule has 1 amide bonds. The van der Waals surface area contributed by atoms with Crippen molar-refractivity contribution in [3.63, 3.8) is 0 Å². The van der Waals surface area contributed by atoms with Gasteiger partial charge in [-0.15, -0.1) is 10.2 Å². The van der Waals surface area contributed by atoms with Gasteiger partial charge in [0, 0.05) is 22.8 Å². The summed E-state index contributed by atoms with van der Waals surface area (Å²) in [6.07, 6.45) is 0. The Balaban J connectivity index is 1.71. The van der Waals surface area contributed by atoms with Gasteiger partial charge < -0.3 is 10.7 Å². The third-order valence-corrected chi connectivity index (χ3v) is 4.99. The van der Waals surface area contributed by atoms with Crippen molar-refractivity contribution in [2.24, 2.45) is 0 Å². The van der Waals surface area contributed by atoms with Crippen molar-refractivity contribution >= 4 is 35.0 Å². The Morgan fingerprint density at radius 3 is 2.67 bits per heavy atom. The summed E-state index contributed by atoms with van der Waals surface area (Å²) in [6.45, 7) is 2.32. The predicted octanol–water partition coefficient (Wildman–Crippen LogP) is 3.60. The van der Waals surface area contributed by atoms with Crippen LogP contribution >= 0.6 is 23.4 Å². The number of aromatic nitrogens is 3. The fourth-order valence-electron chi connectivity index (χ4n) is 2.53. The number of rotatable bonds is 6. The summed E-state index contributed by atoms with van der Waals surface area (Å²) in [7, 11) is 0. The van der Waals surface area contributed by atoms with E-state index in [-0.39, 0.29) is 17.5 Å². The zero-order valence-electron chi connectivity index (χ0n) is 14.5. The van der Waals surface area contributed by atoms with E-state index in [1.165, 1.54) is 28.6 Å². The SMILES string of the molecule is CCN(C(=O)CSc1nnc(-c2cccc(Cl)c2)n1N)c1ccc(F)cc1. The molecule has 0 spiro atoms. The first-order chi connectivity index (χ1) is 13.0. The van der Waals surface area contributed by atoms with Gasteiger partial charge in [0.2, 0.25) is 11.1 Å². The van der Waals surface area contributed by atoms with Crippen LogP contribution in [0.3, 0.4) is 0 Å². The minimum absolute atomic E-state index is 0.121. The minimum atomic E-state index is -0.346. The summed E-state index contributed by atoms with van der Waals surface area (Å²) in [5.74, 6) is 6.16. The molecule has 2 aromatic carbocycles. The predicted molar refractivity (Wildman–Crippen MR) is 106 cm³/mol. The van der Waals surface area contributed by atoms with Crippen LogP contribution in [0, 0.1) is 5.82 Å². The van der Waals surface area contributed by atoms with Gasteiger partial charge in [0.05, 0.1) is 5.75 Å². The number of carbonyl (C=O) groups is 1. The van der Waals surface area contributed by atoms with Crippen LogP contribution < -0.4 is 10.7 Å². The number of benzene rings is 2. The Kier molecular flexibility index (Phi) is 5.98. The van der Waals surface area contributed by atoms with E-state index in [4.69, 9.17) is 17.4 Å². The van der Waals surface area contributed by atoms with Crippen molar-refractivity contribution in [1.82, 2.24) is 14.9 Å². The van der Waals surface area contributed by atoms with E-state index in [0.29, 0.717) is 28.2 Å². The lowest BCUT2D eigenvalue weighted by atomic mass is 10.2. The second-order valence-corrected chi connectivity index (χ2v) is 6.97. The lowest BCUT2D eigenvalue weighted by Crippen LogP contribution is -2.32. The number of nitrogens with two attached hydrogens (primary N) is 1. The Morgan fingerprint density at radius 2 is 2.00 bits per heavy atom. The number of halogens is 2. The molecule has 0 aliphatic carbocycles. The number of nitrogen functional groups attached to an aromatic ring is 1. The molecule has 27 heavy (non-hydrogen) atoms. The zero-order valence-corrected chi connectivity index (χ0v) is 16.0. The number of anilines is 1. The maximum absolute atomic E-state index is 13.1. The molecule has 140 valence electrons. The molecule has 0 fully saturated rings. The van der Waals surface area contributed by atoms with Crippen molar-refractivity contribution in [2.45, 2.75) is 12.1 Å². The molecular formula is C18H17ClFN5OS. The maximum atomic E-state index is 13.1. The van der Waals surface area contributed by atoms with Gasteiger partial charge in [0.25, 0.3) is 0 Å². The van der Waals surface area contributed by atoms with Gasteiger partial charge in [0.15, 0.2) is 5.82 Å². The summed E-state index contributed by atoms with van der Waals surface area (Å²) in [5.41, 5.74) is 1.37. The van der Waals surface area contributed by atoms with E-state index in [0.717, 1.165) is 5.56 Å². The molecule has 0 saturated heterocycles. The zero-order chi connectivity index (χ0) is 19.4. The number of hydrogen-bond donors (Lipinski definition) is 1. The quantitative estimate of drug-likeness (QED) is 0.501. The number of amides is 1. The standard InChI is InChI=1S/C18H17ClFN5OS/c1-2-24(15-8-6-14(20)7-9-15)16(26)11-27-18-23-22-17(25(18)21)12-4-3-5-13(19)10-12/h3-10H,2,11,21H2,1H3. The van der Waals surface area contributed by atoms with Gasteiger partial charge in [0.1, 0.15) is 5.82 Å². The molecule has 6 nitrogen and oxygen atoms in total. The van der Waals surface area contributed by atoms with Crippen molar-refractivity contribution in [3.05, 3.63) is 59.4 Å². The molecule has 9 heteroatoms. The first kappa shape index (κ1) is 19.2. The van der Waals surface area contributed by atoms with Crippen LogP contribution in [-0.2, 0) is 4.79 Å². The van der Waals surface area contributed by atoms with Gasteiger partial charge in [-0.2, -0.15) is 0 Å². The molecule has 0 aliphatic rings. The number of hydrogen-bond acceptors (Lipinski definition) is 5. The van der Waals surface area contributed by atoms with Crippen LogP contribution in [-0.4, -0.2) is 33.1 Å². The molecule has 3 rings (SSSR count). The monoisotopic (exact) mass is 405 g/mol. The molecular weight excluding hydrogens is 389 g/mol. The highest BCUT2D eigenvalue weighted by Crippen LogP contribution is 2.24. The summed E-state index contributed by atoms with van der Waals surface area (Å²) in [4.78, 5) is 14.1. The van der Waals surface area contributed by atoms with E-state index in [2.05, 4.69) is 10.2 Å². The average Bonchev–Trinajstić information content (AvgIpc) is 3.03.